The van der Waals surface area contributed by atoms with Crippen LogP contribution in [-0.4, -0.2) is 44.6 Å². The second-order valence-corrected chi connectivity index (χ2v) is 3.77. The fraction of sp³-hybridized carbons (Fsp3) is 0.462. The Morgan fingerprint density at radius 1 is 1.22 bits per heavy atom. The maximum Gasteiger partial charge on any atom is 0.335 e. The van der Waals surface area contributed by atoms with Crippen molar-refractivity contribution in [2.24, 2.45) is 0 Å². The van der Waals surface area contributed by atoms with Gasteiger partial charge in [-0.05, 0) is 30.7 Å². The number of rotatable bonds is 9. The first-order valence-electron chi connectivity index (χ1n) is 5.88. The molecule has 0 saturated carbocycles. The third kappa shape index (κ3) is 5.65. The Bertz CT molecular complexity index is 351. The summed E-state index contributed by atoms with van der Waals surface area (Å²) < 4.78 is 10.2. The number of carboxylic acid groups (broad SMARTS) is 1. The fourth-order valence-corrected chi connectivity index (χ4v) is 1.38. The molecule has 0 spiro atoms. The molecule has 0 aliphatic carbocycles. The third-order valence-corrected chi connectivity index (χ3v) is 2.36. The van der Waals surface area contributed by atoms with E-state index in [1.807, 2.05) is 0 Å². The molecule has 0 heterocycles. The lowest BCUT2D eigenvalue weighted by Crippen LogP contribution is -2.08. The molecule has 5 nitrogen and oxygen atoms in total. The number of carboxylic acids is 1. The van der Waals surface area contributed by atoms with Gasteiger partial charge in [-0.25, -0.2) is 4.79 Å². The van der Waals surface area contributed by atoms with Gasteiger partial charge in [0.1, 0.15) is 0 Å². The molecule has 0 atom stereocenters. The summed E-state index contributed by atoms with van der Waals surface area (Å²) in [5.41, 5.74) is 1.21. The first-order chi connectivity index (χ1) is 8.74. The molecule has 1 aromatic carbocycles. The number of ether oxygens (including phenoxy) is 2. The van der Waals surface area contributed by atoms with Gasteiger partial charge in [-0.15, -0.1) is 0 Å². The maximum absolute atomic E-state index is 10.7. The summed E-state index contributed by atoms with van der Waals surface area (Å²) in [6, 6.07) is 6.68. The molecule has 18 heavy (non-hydrogen) atoms. The molecule has 0 aromatic heterocycles. The Labute approximate surface area is 107 Å². The smallest absolute Gasteiger partial charge is 0.335 e. The first kappa shape index (κ1) is 14.5. The maximum atomic E-state index is 10.7. The van der Waals surface area contributed by atoms with Gasteiger partial charge >= 0.3 is 5.97 Å². The Balaban J connectivity index is 2.14. The van der Waals surface area contributed by atoms with E-state index in [4.69, 9.17) is 14.6 Å². The molecule has 100 valence electrons. The lowest BCUT2D eigenvalue weighted by Gasteiger charge is -2.07. The summed E-state index contributed by atoms with van der Waals surface area (Å²) in [6.07, 6.45) is 0.893. The van der Waals surface area contributed by atoms with Crippen LogP contribution in [0.4, 0.5) is 5.69 Å². The van der Waals surface area contributed by atoms with Gasteiger partial charge in [-0.3, -0.25) is 0 Å². The highest BCUT2D eigenvalue weighted by Gasteiger charge is 2.00. The number of hydrogen-bond acceptors (Lipinski definition) is 4. The minimum atomic E-state index is -0.909. The van der Waals surface area contributed by atoms with Crippen LogP contribution < -0.4 is 5.32 Å². The zero-order valence-electron chi connectivity index (χ0n) is 10.5. The summed E-state index contributed by atoms with van der Waals surface area (Å²) >= 11 is 0. The van der Waals surface area contributed by atoms with E-state index in [0.29, 0.717) is 25.4 Å². The average molecular weight is 253 g/mol. The predicted molar refractivity (Wildman–Crippen MR) is 69.2 cm³/mol. The van der Waals surface area contributed by atoms with Crippen molar-refractivity contribution in [1.29, 1.82) is 0 Å². The van der Waals surface area contributed by atoms with Crippen LogP contribution in [0.5, 0.6) is 0 Å². The van der Waals surface area contributed by atoms with E-state index in [0.717, 1.165) is 18.7 Å². The van der Waals surface area contributed by atoms with E-state index in [-0.39, 0.29) is 0 Å². The van der Waals surface area contributed by atoms with Crippen LogP contribution in [-0.2, 0) is 9.47 Å². The molecule has 5 heteroatoms. The van der Waals surface area contributed by atoms with Crippen molar-refractivity contribution in [2.45, 2.75) is 6.42 Å². The molecular weight excluding hydrogens is 234 g/mol. The fourth-order valence-electron chi connectivity index (χ4n) is 1.38. The molecule has 0 aliphatic rings. The van der Waals surface area contributed by atoms with Gasteiger partial charge in [0.25, 0.3) is 0 Å². The molecule has 0 amide bonds. The van der Waals surface area contributed by atoms with Gasteiger partial charge in [0, 0.05) is 25.9 Å². The lowest BCUT2D eigenvalue weighted by molar-refractivity contribution is 0.0697. The number of carbonyl (C=O) groups is 1. The van der Waals surface area contributed by atoms with Gasteiger partial charge in [-0.1, -0.05) is 0 Å². The molecule has 2 N–H and O–H groups in total. The number of hydrogen-bond donors (Lipinski definition) is 2. The average Bonchev–Trinajstić information content (AvgIpc) is 2.38. The lowest BCUT2D eigenvalue weighted by atomic mass is 10.2. The molecule has 0 saturated heterocycles. The van der Waals surface area contributed by atoms with Crippen LogP contribution in [0.1, 0.15) is 16.8 Å². The second-order valence-electron chi connectivity index (χ2n) is 3.77. The zero-order chi connectivity index (χ0) is 13.2. The van der Waals surface area contributed by atoms with Crippen LogP contribution in [0.3, 0.4) is 0 Å². The van der Waals surface area contributed by atoms with Gasteiger partial charge < -0.3 is 19.9 Å². The van der Waals surface area contributed by atoms with Gasteiger partial charge in [0.05, 0.1) is 18.8 Å². The molecule has 0 radical (unpaired) electrons. The Kier molecular flexibility index (Phi) is 6.83. The number of benzene rings is 1. The first-order valence-corrected chi connectivity index (χ1v) is 5.88. The molecule has 0 fully saturated rings. The number of methoxy groups -OCH3 is 1. The van der Waals surface area contributed by atoms with Crippen LogP contribution >= 0.6 is 0 Å². The van der Waals surface area contributed by atoms with Crippen molar-refractivity contribution in [3.63, 3.8) is 0 Å². The molecule has 0 bridgehead atoms. The zero-order valence-corrected chi connectivity index (χ0v) is 10.5. The van der Waals surface area contributed by atoms with E-state index < -0.39 is 5.97 Å². The number of nitrogens with one attached hydrogen (secondary N) is 1. The third-order valence-electron chi connectivity index (χ3n) is 2.36. The topological polar surface area (TPSA) is 67.8 Å². The number of anilines is 1. The Hall–Kier alpha value is -1.59. The van der Waals surface area contributed by atoms with Crippen LogP contribution in [0.25, 0.3) is 0 Å². The summed E-state index contributed by atoms with van der Waals surface area (Å²) in [5, 5.41) is 11.9. The van der Waals surface area contributed by atoms with Gasteiger partial charge in [0.15, 0.2) is 0 Å². The van der Waals surface area contributed by atoms with Crippen molar-refractivity contribution in [1.82, 2.24) is 0 Å². The molecule has 0 unspecified atom stereocenters. The highest BCUT2D eigenvalue weighted by atomic mass is 16.5. The van der Waals surface area contributed by atoms with Crippen LogP contribution in [0.15, 0.2) is 24.3 Å². The van der Waals surface area contributed by atoms with Crippen molar-refractivity contribution in [2.75, 3.05) is 38.8 Å². The van der Waals surface area contributed by atoms with Crippen molar-refractivity contribution in [3.05, 3.63) is 29.8 Å². The standard InChI is InChI=1S/C13H19NO4/c1-17-9-10-18-8-2-7-14-12-5-3-11(4-6-12)13(15)16/h3-6,14H,2,7-10H2,1H3,(H,15,16). The Morgan fingerprint density at radius 3 is 2.56 bits per heavy atom. The van der Waals surface area contributed by atoms with Crippen molar-refractivity contribution in [3.8, 4) is 0 Å². The van der Waals surface area contributed by atoms with Crippen LogP contribution in [0.2, 0.25) is 0 Å². The van der Waals surface area contributed by atoms with E-state index in [2.05, 4.69) is 5.32 Å². The minimum Gasteiger partial charge on any atom is -0.478 e. The SMILES string of the molecule is COCCOCCCNc1ccc(C(=O)O)cc1. The minimum absolute atomic E-state index is 0.295. The second kappa shape index (κ2) is 8.49. The molecular formula is C13H19NO4. The Morgan fingerprint density at radius 2 is 1.94 bits per heavy atom. The predicted octanol–water partition coefficient (Wildman–Crippen LogP) is 1.85. The summed E-state index contributed by atoms with van der Waals surface area (Å²) in [7, 11) is 1.64. The summed E-state index contributed by atoms with van der Waals surface area (Å²) in [4.78, 5) is 10.7. The monoisotopic (exact) mass is 253 g/mol. The molecule has 1 rings (SSSR count). The molecule has 1 aromatic rings. The van der Waals surface area contributed by atoms with E-state index in [1.165, 1.54) is 0 Å². The highest BCUT2D eigenvalue weighted by Crippen LogP contribution is 2.09. The van der Waals surface area contributed by atoms with E-state index in [9.17, 15) is 4.79 Å². The summed E-state index contributed by atoms with van der Waals surface area (Å²) in [6.45, 7) is 2.71. The van der Waals surface area contributed by atoms with Crippen molar-refractivity contribution >= 4 is 11.7 Å². The summed E-state index contributed by atoms with van der Waals surface area (Å²) in [5.74, 6) is -0.909. The number of aromatic carboxylic acids is 1. The van der Waals surface area contributed by atoms with Gasteiger partial charge in [-0.2, -0.15) is 0 Å². The van der Waals surface area contributed by atoms with Crippen molar-refractivity contribution < 1.29 is 19.4 Å². The van der Waals surface area contributed by atoms with Crippen LogP contribution in [0, 0.1) is 0 Å². The van der Waals surface area contributed by atoms with Gasteiger partial charge in [0.2, 0.25) is 0 Å². The van der Waals surface area contributed by atoms with E-state index in [1.54, 1.807) is 31.4 Å². The molecule has 0 aliphatic heterocycles. The highest BCUT2D eigenvalue weighted by molar-refractivity contribution is 5.87. The largest absolute Gasteiger partial charge is 0.478 e. The normalized spacial score (nSPS) is 10.3. The quantitative estimate of drug-likeness (QED) is 0.657. The van der Waals surface area contributed by atoms with E-state index >= 15 is 0 Å².